The molecule has 1 aliphatic heterocycles. The van der Waals surface area contributed by atoms with Crippen LogP contribution in [0.15, 0.2) is 24.5 Å². The van der Waals surface area contributed by atoms with E-state index >= 15 is 0 Å². The molecule has 4 rings (SSSR count). The van der Waals surface area contributed by atoms with E-state index in [1.165, 1.54) is 12.8 Å². The van der Waals surface area contributed by atoms with Gasteiger partial charge in [-0.05, 0) is 31.9 Å². The Balaban J connectivity index is 1.18. The van der Waals surface area contributed by atoms with Crippen LogP contribution in [0.1, 0.15) is 31.0 Å². The van der Waals surface area contributed by atoms with E-state index in [4.69, 9.17) is 11.6 Å². The largest absolute Gasteiger partial charge is 0.370 e. The number of halogens is 1. The van der Waals surface area contributed by atoms with Crippen molar-refractivity contribution in [1.29, 1.82) is 0 Å². The fourth-order valence-electron chi connectivity index (χ4n) is 3.19. The molecule has 8 heteroatoms. The van der Waals surface area contributed by atoms with Gasteiger partial charge in [-0.15, -0.1) is 0 Å². The third-order valence-electron chi connectivity index (χ3n) is 4.82. The van der Waals surface area contributed by atoms with Crippen LogP contribution in [0.25, 0.3) is 0 Å². The van der Waals surface area contributed by atoms with Crippen LogP contribution in [0.3, 0.4) is 0 Å². The van der Waals surface area contributed by atoms with Gasteiger partial charge < -0.3 is 10.2 Å². The standard InChI is InChI=1S/C18H24ClN7/c19-15-13-16(24-17(23-15)14-3-4-14)20-7-2-8-25-9-11-26(12-10-25)18-21-5-1-6-22-18/h1,5-6,13-14H,2-4,7-12H2,(H,20,23,24). The monoisotopic (exact) mass is 373 g/mol. The maximum Gasteiger partial charge on any atom is 0.225 e. The molecule has 0 amide bonds. The van der Waals surface area contributed by atoms with E-state index in [0.29, 0.717) is 11.1 Å². The first-order chi connectivity index (χ1) is 12.8. The molecule has 2 aromatic heterocycles. The minimum absolute atomic E-state index is 0.513. The van der Waals surface area contributed by atoms with Crippen molar-refractivity contribution in [3.63, 3.8) is 0 Å². The summed E-state index contributed by atoms with van der Waals surface area (Å²) in [6, 6.07) is 3.66. The Labute approximate surface area is 158 Å². The van der Waals surface area contributed by atoms with Gasteiger partial charge in [-0.2, -0.15) is 0 Å². The SMILES string of the molecule is Clc1cc(NCCCN2CCN(c3ncccn3)CC2)nc(C2CC2)n1. The van der Waals surface area contributed by atoms with E-state index < -0.39 is 0 Å². The van der Waals surface area contributed by atoms with E-state index in [2.05, 4.69) is 35.1 Å². The van der Waals surface area contributed by atoms with Crippen molar-refractivity contribution >= 4 is 23.4 Å². The summed E-state index contributed by atoms with van der Waals surface area (Å²) < 4.78 is 0. The van der Waals surface area contributed by atoms with Gasteiger partial charge in [-0.1, -0.05) is 11.6 Å². The summed E-state index contributed by atoms with van der Waals surface area (Å²) in [4.78, 5) is 22.3. The van der Waals surface area contributed by atoms with Gasteiger partial charge in [0, 0.05) is 57.1 Å². The maximum absolute atomic E-state index is 6.11. The number of nitrogens with zero attached hydrogens (tertiary/aromatic N) is 6. The van der Waals surface area contributed by atoms with Crippen molar-refractivity contribution in [2.24, 2.45) is 0 Å². The summed E-state index contributed by atoms with van der Waals surface area (Å²) in [7, 11) is 0. The molecule has 1 saturated heterocycles. The number of piperazine rings is 1. The second-order valence-electron chi connectivity index (χ2n) is 6.87. The Morgan fingerprint density at radius 1 is 1.08 bits per heavy atom. The molecular formula is C18H24ClN7. The highest BCUT2D eigenvalue weighted by atomic mass is 35.5. The lowest BCUT2D eigenvalue weighted by Gasteiger charge is -2.34. The second-order valence-corrected chi connectivity index (χ2v) is 7.25. The van der Waals surface area contributed by atoms with Gasteiger partial charge in [0.25, 0.3) is 0 Å². The average Bonchev–Trinajstić information content (AvgIpc) is 3.51. The lowest BCUT2D eigenvalue weighted by molar-refractivity contribution is 0.256. The minimum Gasteiger partial charge on any atom is -0.370 e. The van der Waals surface area contributed by atoms with Crippen LogP contribution < -0.4 is 10.2 Å². The third kappa shape index (κ3) is 4.59. The molecule has 2 fully saturated rings. The van der Waals surface area contributed by atoms with Gasteiger partial charge in [0.05, 0.1) is 0 Å². The van der Waals surface area contributed by atoms with E-state index in [9.17, 15) is 0 Å². The van der Waals surface area contributed by atoms with Gasteiger partial charge in [0.2, 0.25) is 5.95 Å². The number of aromatic nitrogens is 4. The van der Waals surface area contributed by atoms with E-state index in [0.717, 1.165) is 63.3 Å². The normalized spacial score (nSPS) is 18.1. The van der Waals surface area contributed by atoms with Gasteiger partial charge in [-0.3, -0.25) is 4.90 Å². The smallest absolute Gasteiger partial charge is 0.225 e. The number of hydrogen-bond donors (Lipinski definition) is 1. The lowest BCUT2D eigenvalue weighted by atomic mass is 10.3. The average molecular weight is 374 g/mol. The summed E-state index contributed by atoms with van der Waals surface area (Å²) in [6.45, 7) is 6.00. The molecule has 0 spiro atoms. The number of hydrogen-bond acceptors (Lipinski definition) is 7. The van der Waals surface area contributed by atoms with Gasteiger partial charge in [0.1, 0.15) is 16.8 Å². The first-order valence-corrected chi connectivity index (χ1v) is 9.68. The zero-order valence-electron chi connectivity index (χ0n) is 14.8. The molecule has 7 nitrogen and oxygen atoms in total. The van der Waals surface area contributed by atoms with Crippen LogP contribution in [0, 0.1) is 0 Å². The van der Waals surface area contributed by atoms with Gasteiger partial charge >= 0.3 is 0 Å². The summed E-state index contributed by atoms with van der Waals surface area (Å²) >= 11 is 6.11. The quantitative estimate of drug-likeness (QED) is 0.590. The Hall–Kier alpha value is -1.99. The van der Waals surface area contributed by atoms with E-state index in [-0.39, 0.29) is 0 Å². The molecule has 2 aromatic rings. The topological polar surface area (TPSA) is 70.1 Å². The molecule has 0 aromatic carbocycles. The van der Waals surface area contributed by atoms with Crippen molar-refractivity contribution in [1.82, 2.24) is 24.8 Å². The van der Waals surface area contributed by atoms with Crippen LogP contribution in [-0.4, -0.2) is 64.1 Å². The molecule has 0 atom stereocenters. The van der Waals surface area contributed by atoms with Crippen molar-refractivity contribution in [2.75, 3.05) is 49.5 Å². The number of nitrogens with one attached hydrogen (secondary N) is 1. The molecular weight excluding hydrogens is 350 g/mol. The first-order valence-electron chi connectivity index (χ1n) is 9.30. The van der Waals surface area contributed by atoms with Gasteiger partial charge in [0.15, 0.2) is 0 Å². The molecule has 138 valence electrons. The van der Waals surface area contributed by atoms with E-state index in [1.54, 1.807) is 12.4 Å². The molecule has 1 saturated carbocycles. The lowest BCUT2D eigenvalue weighted by Crippen LogP contribution is -2.47. The third-order valence-corrected chi connectivity index (χ3v) is 5.01. The van der Waals surface area contributed by atoms with Crippen LogP contribution in [0.4, 0.5) is 11.8 Å². The Kier molecular flexibility index (Phi) is 5.45. The van der Waals surface area contributed by atoms with Crippen LogP contribution in [0.5, 0.6) is 0 Å². The predicted octanol–water partition coefficient (Wildman–Crippen LogP) is 2.42. The number of rotatable bonds is 7. The van der Waals surface area contributed by atoms with Crippen molar-refractivity contribution in [2.45, 2.75) is 25.2 Å². The Bertz CT molecular complexity index is 715. The summed E-state index contributed by atoms with van der Waals surface area (Å²) in [6.07, 6.45) is 7.03. The molecule has 2 aliphatic rings. The van der Waals surface area contributed by atoms with Crippen molar-refractivity contribution in [3.8, 4) is 0 Å². The van der Waals surface area contributed by atoms with Crippen LogP contribution in [-0.2, 0) is 0 Å². The fourth-order valence-corrected chi connectivity index (χ4v) is 3.38. The van der Waals surface area contributed by atoms with Crippen LogP contribution in [0.2, 0.25) is 5.15 Å². The van der Waals surface area contributed by atoms with Gasteiger partial charge in [-0.25, -0.2) is 19.9 Å². The zero-order chi connectivity index (χ0) is 17.8. The Morgan fingerprint density at radius 3 is 2.58 bits per heavy atom. The number of anilines is 2. The zero-order valence-corrected chi connectivity index (χ0v) is 15.6. The fraction of sp³-hybridized carbons (Fsp3) is 0.556. The second kappa shape index (κ2) is 8.14. The molecule has 1 N–H and O–H groups in total. The minimum atomic E-state index is 0.513. The molecule has 0 bridgehead atoms. The van der Waals surface area contributed by atoms with Crippen molar-refractivity contribution < 1.29 is 0 Å². The van der Waals surface area contributed by atoms with Crippen molar-refractivity contribution in [3.05, 3.63) is 35.5 Å². The first kappa shape index (κ1) is 17.4. The molecule has 0 radical (unpaired) electrons. The highest BCUT2D eigenvalue weighted by molar-refractivity contribution is 6.29. The highest BCUT2D eigenvalue weighted by Gasteiger charge is 2.27. The summed E-state index contributed by atoms with van der Waals surface area (Å²) in [5, 5.41) is 3.92. The molecule has 3 heterocycles. The van der Waals surface area contributed by atoms with E-state index in [1.807, 2.05) is 12.1 Å². The molecule has 1 aliphatic carbocycles. The Morgan fingerprint density at radius 2 is 1.85 bits per heavy atom. The predicted molar refractivity (Wildman–Crippen MR) is 103 cm³/mol. The summed E-state index contributed by atoms with van der Waals surface area (Å²) in [5.74, 6) is 3.08. The highest BCUT2D eigenvalue weighted by Crippen LogP contribution is 2.38. The van der Waals surface area contributed by atoms with Crippen LogP contribution >= 0.6 is 11.6 Å². The molecule has 0 unspecified atom stereocenters. The summed E-state index contributed by atoms with van der Waals surface area (Å²) in [5.41, 5.74) is 0. The maximum atomic E-state index is 6.11. The molecule has 26 heavy (non-hydrogen) atoms.